The van der Waals surface area contributed by atoms with Crippen LogP contribution in [0.15, 0.2) is 36.4 Å². The van der Waals surface area contributed by atoms with E-state index in [2.05, 4.69) is 11.8 Å². The predicted molar refractivity (Wildman–Crippen MR) is 134 cm³/mol. The molecule has 2 aromatic rings. The van der Waals surface area contributed by atoms with Gasteiger partial charge in [-0.1, -0.05) is 24.0 Å². The molecule has 10 heteroatoms. The van der Waals surface area contributed by atoms with E-state index in [1.54, 1.807) is 6.07 Å². The molecule has 3 aliphatic rings. The lowest BCUT2D eigenvalue weighted by atomic mass is 9.52. The van der Waals surface area contributed by atoms with Crippen molar-refractivity contribution in [2.75, 3.05) is 14.1 Å². The van der Waals surface area contributed by atoms with Gasteiger partial charge in [-0.3, -0.25) is 28.9 Å². The standard InChI is InChI=1S/C29H25FN2O7/c1-32(2)23-17-12-15-11-16-13(7-8-14-5-3-4-6-18(14)30)9-10-19(33)21(16)24(34)20(15)26(36)29(17,39)27(37)22(25(23)35)28(31)38/h3-6,9-10,15,17,20,22-23,33,39H,11-12H2,1-2H3,(H2,31,38)/t15-,17-,20?,22?,23-,29-/m1/s1. The molecule has 39 heavy (non-hydrogen) atoms. The summed E-state index contributed by atoms with van der Waals surface area (Å²) in [6.45, 7) is 0. The van der Waals surface area contributed by atoms with Gasteiger partial charge < -0.3 is 15.9 Å². The molecule has 0 radical (unpaired) electrons. The first-order valence-corrected chi connectivity index (χ1v) is 12.4. The van der Waals surface area contributed by atoms with E-state index in [-0.39, 0.29) is 24.0 Å². The van der Waals surface area contributed by atoms with Crippen molar-refractivity contribution >= 4 is 29.0 Å². The van der Waals surface area contributed by atoms with Crippen molar-refractivity contribution in [3.05, 3.63) is 64.5 Å². The van der Waals surface area contributed by atoms with E-state index in [4.69, 9.17) is 5.73 Å². The first-order valence-electron chi connectivity index (χ1n) is 12.4. The van der Waals surface area contributed by atoms with E-state index in [1.165, 1.54) is 49.3 Å². The fraction of sp³-hybridized carbons (Fsp3) is 0.345. The second-order valence-corrected chi connectivity index (χ2v) is 10.5. The summed E-state index contributed by atoms with van der Waals surface area (Å²) in [7, 11) is 3.03. The number of nitrogens with two attached hydrogens (primary N) is 1. The average Bonchev–Trinajstić information content (AvgIpc) is 2.86. The van der Waals surface area contributed by atoms with Gasteiger partial charge in [-0.15, -0.1) is 0 Å². The highest BCUT2D eigenvalue weighted by atomic mass is 19.1. The van der Waals surface area contributed by atoms with Crippen LogP contribution in [-0.2, 0) is 25.6 Å². The molecule has 4 N–H and O–H groups in total. The summed E-state index contributed by atoms with van der Waals surface area (Å²) in [6.07, 6.45) is 0.00125. The topological polar surface area (TPSA) is 155 Å². The largest absolute Gasteiger partial charge is 0.507 e. The van der Waals surface area contributed by atoms with Crippen LogP contribution in [0.1, 0.15) is 33.5 Å². The molecule has 2 fully saturated rings. The lowest BCUT2D eigenvalue weighted by molar-refractivity contribution is -0.181. The number of nitrogens with zero attached hydrogens (tertiary/aromatic N) is 1. The number of rotatable bonds is 2. The van der Waals surface area contributed by atoms with Crippen LogP contribution in [0.25, 0.3) is 0 Å². The number of benzene rings is 2. The Bertz CT molecular complexity index is 1540. The van der Waals surface area contributed by atoms with Crippen molar-refractivity contribution in [2.45, 2.75) is 24.5 Å². The fourth-order valence-electron chi connectivity index (χ4n) is 6.42. The maximum Gasteiger partial charge on any atom is 0.235 e. The minimum atomic E-state index is -2.78. The first kappa shape index (κ1) is 26.4. The molecule has 2 unspecified atom stereocenters. The van der Waals surface area contributed by atoms with Gasteiger partial charge in [0.05, 0.1) is 23.1 Å². The number of halogens is 1. The highest BCUT2D eigenvalue weighted by Crippen LogP contribution is 2.50. The summed E-state index contributed by atoms with van der Waals surface area (Å²) in [6, 6.07) is 7.45. The number of carbonyl (C=O) groups is 5. The van der Waals surface area contributed by atoms with E-state index in [0.29, 0.717) is 11.1 Å². The van der Waals surface area contributed by atoms with Crippen molar-refractivity contribution in [1.82, 2.24) is 4.90 Å². The van der Waals surface area contributed by atoms with Crippen molar-refractivity contribution in [3.63, 3.8) is 0 Å². The minimum Gasteiger partial charge on any atom is -0.507 e. The summed E-state index contributed by atoms with van der Waals surface area (Å²) >= 11 is 0. The molecule has 200 valence electrons. The Hall–Kier alpha value is -4.20. The molecule has 0 aromatic heterocycles. The van der Waals surface area contributed by atoms with Crippen LogP contribution in [0, 0.1) is 41.3 Å². The van der Waals surface area contributed by atoms with E-state index < -0.39 is 75.9 Å². The van der Waals surface area contributed by atoms with Crippen LogP contribution in [0.4, 0.5) is 4.39 Å². The smallest absolute Gasteiger partial charge is 0.235 e. The zero-order valence-corrected chi connectivity index (χ0v) is 21.1. The highest BCUT2D eigenvalue weighted by Gasteiger charge is 2.69. The molecular weight excluding hydrogens is 507 g/mol. The van der Waals surface area contributed by atoms with Crippen LogP contribution in [-0.4, -0.2) is 69.9 Å². The van der Waals surface area contributed by atoms with Gasteiger partial charge >= 0.3 is 0 Å². The number of aliphatic hydroxyl groups is 1. The fourth-order valence-corrected chi connectivity index (χ4v) is 6.42. The zero-order valence-electron chi connectivity index (χ0n) is 21.1. The number of hydrogen-bond donors (Lipinski definition) is 3. The molecule has 3 aliphatic carbocycles. The van der Waals surface area contributed by atoms with Crippen LogP contribution in [0.5, 0.6) is 5.75 Å². The number of amides is 1. The molecule has 5 rings (SSSR count). The number of Topliss-reactive ketones (excluding diaryl/α,β-unsaturated/α-hetero) is 4. The second-order valence-electron chi connectivity index (χ2n) is 10.5. The number of primary amides is 1. The van der Waals surface area contributed by atoms with Crippen molar-refractivity contribution in [1.29, 1.82) is 0 Å². The number of phenolic OH excluding ortho intramolecular Hbond substituents is 1. The second kappa shape index (κ2) is 9.22. The van der Waals surface area contributed by atoms with Crippen molar-refractivity contribution < 1.29 is 38.6 Å². The number of carbonyl (C=O) groups excluding carboxylic acids is 5. The number of hydrogen-bond acceptors (Lipinski definition) is 8. The summed E-state index contributed by atoms with van der Waals surface area (Å²) in [5, 5.41) is 22.2. The predicted octanol–water partition coefficient (Wildman–Crippen LogP) is 0.406. The van der Waals surface area contributed by atoms with Crippen LogP contribution >= 0.6 is 0 Å². The monoisotopic (exact) mass is 532 g/mol. The third kappa shape index (κ3) is 3.80. The molecule has 0 saturated heterocycles. The normalized spacial score (nSPS) is 29.7. The number of likely N-dealkylation sites (N-methyl/N-ethyl adjacent to an activating group) is 1. The average molecular weight is 533 g/mol. The summed E-state index contributed by atoms with van der Waals surface area (Å²) in [5.41, 5.74) is 3.21. The number of fused-ring (bicyclic) bond motifs is 3. The Kier molecular flexibility index (Phi) is 6.24. The van der Waals surface area contributed by atoms with E-state index in [9.17, 15) is 38.6 Å². The SMILES string of the molecule is CN(C)[C@H]1C(=O)C(C(N)=O)C(=O)[C@]2(O)C(=O)C3C(=O)c4c(O)ccc(C#Cc5ccccc5F)c4C[C@@H]3C[C@H]12. The van der Waals surface area contributed by atoms with Gasteiger partial charge in [-0.25, -0.2) is 4.39 Å². The Balaban J connectivity index is 1.62. The Morgan fingerprint density at radius 1 is 1.05 bits per heavy atom. The maximum atomic E-state index is 14.1. The van der Waals surface area contributed by atoms with Crippen molar-refractivity contribution in [2.24, 2.45) is 29.4 Å². The molecule has 9 nitrogen and oxygen atoms in total. The molecule has 2 aromatic carbocycles. The molecule has 2 saturated carbocycles. The summed E-state index contributed by atoms with van der Waals surface area (Å²) in [4.78, 5) is 67.4. The molecule has 1 amide bonds. The maximum absolute atomic E-state index is 14.1. The molecule has 0 bridgehead atoms. The van der Waals surface area contributed by atoms with Gasteiger partial charge in [0.2, 0.25) is 5.91 Å². The number of ketones is 4. The highest BCUT2D eigenvalue weighted by molar-refractivity contribution is 6.32. The van der Waals surface area contributed by atoms with Gasteiger partial charge in [0.1, 0.15) is 11.6 Å². The van der Waals surface area contributed by atoms with Crippen LogP contribution in [0.2, 0.25) is 0 Å². The molecular formula is C29H25FN2O7. The van der Waals surface area contributed by atoms with E-state index in [1.807, 2.05) is 0 Å². The van der Waals surface area contributed by atoms with Gasteiger partial charge in [-0.05, 0) is 62.7 Å². The van der Waals surface area contributed by atoms with Gasteiger partial charge in [0.25, 0.3) is 0 Å². The van der Waals surface area contributed by atoms with E-state index >= 15 is 0 Å². The number of aromatic hydroxyl groups is 1. The van der Waals surface area contributed by atoms with Gasteiger partial charge in [-0.2, -0.15) is 0 Å². The zero-order chi connectivity index (χ0) is 28.4. The summed E-state index contributed by atoms with van der Waals surface area (Å²) in [5.74, 6) is -6.15. The van der Waals surface area contributed by atoms with Gasteiger partial charge in [0.15, 0.2) is 34.7 Å². The van der Waals surface area contributed by atoms with Crippen LogP contribution in [0.3, 0.4) is 0 Å². The molecule has 0 aliphatic heterocycles. The van der Waals surface area contributed by atoms with Crippen LogP contribution < -0.4 is 5.73 Å². The first-order chi connectivity index (χ1) is 18.4. The van der Waals surface area contributed by atoms with Crippen molar-refractivity contribution in [3.8, 4) is 17.6 Å². The third-order valence-electron chi connectivity index (χ3n) is 8.15. The van der Waals surface area contributed by atoms with Gasteiger partial charge in [0, 0.05) is 11.5 Å². The minimum absolute atomic E-state index is 0.0697. The third-order valence-corrected chi connectivity index (χ3v) is 8.15. The molecule has 6 atom stereocenters. The van der Waals surface area contributed by atoms with E-state index in [0.717, 1.165) is 0 Å². The molecule has 0 spiro atoms. The quantitative estimate of drug-likeness (QED) is 0.371. The number of phenols is 1. The Morgan fingerprint density at radius 2 is 1.72 bits per heavy atom. The lowest BCUT2D eigenvalue weighted by Gasteiger charge is -2.52. The molecule has 0 heterocycles. The summed E-state index contributed by atoms with van der Waals surface area (Å²) < 4.78 is 14.1. The Labute approximate surface area is 222 Å². The Morgan fingerprint density at radius 3 is 2.36 bits per heavy atom. The lowest BCUT2D eigenvalue weighted by Crippen LogP contribution is -2.74.